The highest BCUT2D eigenvalue weighted by Gasteiger charge is 2.13. The van der Waals surface area contributed by atoms with Crippen LogP contribution in [0, 0.1) is 6.92 Å². The maximum Gasteiger partial charge on any atom is 0.297 e. The number of hydrogen-bond donors (Lipinski definition) is 0. The highest BCUT2D eigenvalue weighted by atomic mass is 32.2. The van der Waals surface area contributed by atoms with Gasteiger partial charge < -0.3 is 0 Å². The van der Waals surface area contributed by atoms with Crippen molar-refractivity contribution in [3.8, 4) is 0 Å². The fourth-order valence-corrected chi connectivity index (χ4v) is 3.53. The smallest absolute Gasteiger partial charge is 0.183 e. The average Bonchev–Trinajstić information content (AvgIpc) is 2.68. The highest BCUT2D eigenvalue weighted by molar-refractivity contribution is 8.00. The Morgan fingerprint density at radius 2 is 2.00 bits per heavy atom. The van der Waals surface area contributed by atoms with Crippen LogP contribution in [0.25, 0.3) is 0 Å². The minimum Gasteiger partial charge on any atom is -0.183 e. The quantitative estimate of drug-likeness (QED) is 0.595. The van der Waals surface area contributed by atoms with Gasteiger partial charge in [-0.1, -0.05) is 41.7 Å². The third kappa shape index (κ3) is 2.86. The molecule has 0 aliphatic carbocycles. The van der Waals surface area contributed by atoms with Crippen molar-refractivity contribution in [2.75, 3.05) is 6.26 Å². The number of nitrogens with zero attached hydrogens (tertiary/aromatic N) is 1. The van der Waals surface area contributed by atoms with Crippen LogP contribution < -0.4 is 4.57 Å². The van der Waals surface area contributed by atoms with E-state index >= 15 is 0 Å². The first-order chi connectivity index (χ1) is 7.79. The Bertz CT molecular complexity index is 448. The maximum absolute atomic E-state index is 2.36. The highest BCUT2D eigenvalue weighted by Crippen LogP contribution is 2.19. The lowest BCUT2D eigenvalue weighted by atomic mass is 10.1. The summed E-state index contributed by atoms with van der Waals surface area (Å²) < 4.78 is 3.76. The summed E-state index contributed by atoms with van der Waals surface area (Å²) in [5.41, 5.74) is 1.41. The molecule has 16 heavy (non-hydrogen) atoms. The summed E-state index contributed by atoms with van der Waals surface area (Å²) in [5, 5.41) is 0. The normalized spacial score (nSPS) is 10.6. The van der Waals surface area contributed by atoms with Gasteiger partial charge >= 0.3 is 0 Å². The monoisotopic (exact) mass is 250 g/mol. The van der Waals surface area contributed by atoms with Crippen LogP contribution in [0.4, 0.5) is 0 Å². The number of rotatable bonds is 4. The Morgan fingerprint density at radius 1 is 1.25 bits per heavy atom. The summed E-state index contributed by atoms with van der Waals surface area (Å²) in [5.74, 6) is 0. The number of hydrogen-bond acceptors (Lipinski definition) is 2. The molecule has 0 unspecified atom stereocenters. The Balaban J connectivity index is 2.04. The van der Waals surface area contributed by atoms with Crippen molar-refractivity contribution >= 4 is 23.1 Å². The second-order valence-corrected chi connectivity index (χ2v) is 6.03. The van der Waals surface area contributed by atoms with Crippen LogP contribution in [0.2, 0.25) is 0 Å². The maximum atomic E-state index is 2.36. The zero-order chi connectivity index (χ0) is 11.4. The average molecular weight is 250 g/mol. The molecule has 1 heterocycles. The molecular weight excluding hydrogens is 234 g/mol. The number of thiazole rings is 1. The van der Waals surface area contributed by atoms with Gasteiger partial charge in [0, 0.05) is 6.42 Å². The van der Waals surface area contributed by atoms with Crippen molar-refractivity contribution in [3.63, 3.8) is 0 Å². The molecule has 0 aliphatic rings. The lowest BCUT2D eigenvalue weighted by Crippen LogP contribution is -2.34. The van der Waals surface area contributed by atoms with E-state index in [2.05, 4.69) is 54.3 Å². The summed E-state index contributed by atoms with van der Waals surface area (Å²) in [6, 6.07) is 10.7. The fraction of sp³-hybridized carbons (Fsp3) is 0.308. The zero-order valence-electron chi connectivity index (χ0n) is 9.64. The number of benzene rings is 1. The molecule has 0 spiro atoms. The first kappa shape index (κ1) is 11.7. The van der Waals surface area contributed by atoms with Gasteiger partial charge in [-0.15, -0.1) is 0 Å². The number of thioether (sulfide) groups is 1. The Hall–Kier alpha value is -0.800. The van der Waals surface area contributed by atoms with Gasteiger partial charge in [0.15, 0.2) is 12.7 Å². The van der Waals surface area contributed by atoms with E-state index in [1.807, 2.05) is 23.1 Å². The fourth-order valence-electron chi connectivity index (χ4n) is 1.70. The van der Waals surface area contributed by atoms with E-state index in [9.17, 15) is 0 Å². The molecule has 2 aromatic rings. The van der Waals surface area contributed by atoms with Crippen molar-refractivity contribution in [3.05, 3.63) is 47.0 Å². The van der Waals surface area contributed by atoms with Crippen LogP contribution in [-0.4, -0.2) is 6.26 Å². The number of aryl methyl sites for hydroxylation is 3. The largest absolute Gasteiger partial charge is 0.297 e. The van der Waals surface area contributed by atoms with Crippen molar-refractivity contribution < 1.29 is 4.57 Å². The standard InChI is InChI=1S/C13H16NS2/c1-11-10-14(13(15-2)16-11)9-8-12-6-4-3-5-7-12/h3-7,10H,8-9H2,1-2H3/q+1. The predicted molar refractivity (Wildman–Crippen MR) is 71.2 cm³/mol. The summed E-state index contributed by atoms with van der Waals surface area (Å²) in [6.07, 6.45) is 5.50. The van der Waals surface area contributed by atoms with Gasteiger partial charge in [0.25, 0.3) is 4.34 Å². The van der Waals surface area contributed by atoms with E-state index in [1.54, 1.807) is 0 Å². The molecule has 0 fully saturated rings. The lowest BCUT2D eigenvalue weighted by molar-refractivity contribution is -0.725. The topological polar surface area (TPSA) is 3.88 Å². The molecule has 0 amide bonds. The van der Waals surface area contributed by atoms with Crippen molar-refractivity contribution in [1.29, 1.82) is 0 Å². The first-order valence-electron chi connectivity index (χ1n) is 5.37. The van der Waals surface area contributed by atoms with Crippen LogP contribution >= 0.6 is 23.1 Å². The predicted octanol–water partition coefficient (Wildman–Crippen LogP) is 3.31. The van der Waals surface area contributed by atoms with Crippen LogP contribution in [0.1, 0.15) is 10.4 Å². The van der Waals surface area contributed by atoms with E-state index in [4.69, 9.17) is 0 Å². The summed E-state index contributed by atoms with van der Waals surface area (Å²) >= 11 is 3.71. The van der Waals surface area contributed by atoms with E-state index in [0.29, 0.717) is 0 Å². The van der Waals surface area contributed by atoms with Gasteiger partial charge in [-0.2, -0.15) is 4.57 Å². The Labute approximate surface area is 105 Å². The molecule has 84 valence electrons. The summed E-state index contributed by atoms with van der Waals surface area (Å²) in [7, 11) is 0. The molecule has 2 rings (SSSR count). The van der Waals surface area contributed by atoms with Crippen LogP contribution in [-0.2, 0) is 13.0 Å². The molecule has 0 atom stereocenters. The molecule has 0 saturated carbocycles. The van der Waals surface area contributed by atoms with E-state index in [0.717, 1.165) is 13.0 Å². The van der Waals surface area contributed by atoms with Gasteiger partial charge in [-0.3, -0.25) is 0 Å². The van der Waals surface area contributed by atoms with Gasteiger partial charge in [0.1, 0.15) is 0 Å². The molecular formula is C13H16NS2+. The minimum atomic E-state index is 1.07. The Morgan fingerprint density at radius 3 is 2.69 bits per heavy atom. The van der Waals surface area contributed by atoms with Gasteiger partial charge in [0.05, 0.1) is 4.88 Å². The van der Waals surface area contributed by atoms with Crippen molar-refractivity contribution in [1.82, 2.24) is 0 Å². The third-order valence-corrected chi connectivity index (χ3v) is 4.65. The molecule has 1 aromatic carbocycles. The van der Waals surface area contributed by atoms with Crippen LogP contribution in [0.5, 0.6) is 0 Å². The molecule has 0 radical (unpaired) electrons. The third-order valence-electron chi connectivity index (χ3n) is 2.48. The van der Waals surface area contributed by atoms with Crippen LogP contribution in [0.3, 0.4) is 0 Å². The molecule has 1 aromatic heterocycles. The Kier molecular flexibility index (Phi) is 4.02. The first-order valence-corrected chi connectivity index (χ1v) is 7.41. The second-order valence-electron chi connectivity index (χ2n) is 3.74. The van der Waals surface area contributed by atoms with E-state index in [1.165, 1.54) is 14.8 Å². The van der Waals surface area contributed by atoms with Crippen molar-refractivity contribution in [2.24, 2.45) is 0 Å². The molecule has 0 bridgehead atoms. The molecule has 0 N–H and O–H groups in total. The van der Waals surface area contributed by atoms with Gasteiger partial charge in [-0.25, -0.2) is 0 Å². The number of aromatic nitrogens is 1. The lowest BCUT2D eigenvalue weighted by Gasteiger charge is -1.97. The molecule has 0 saturated heterocycles. The second kappa shape index (κ2) is 5.51. The molecule has 0 aliphatic heterocycles. The zero-order valence-corrected chi connectivity index (χ0v) is 11.3. The minimum absolute atomic E-state index is 1.07. The van der Waals surface area contributed by atoms with Gasteiger partial charge in [-0.05, 0) is 30.5 Å². The van der Waals surface area contributed by atoms with Gasteiger partial charge in [0.2, 0.25) is 0 Å². The summed E-state index contributed by atoms with van der Waals surface area (Å²) in [6.45, 7) is 3.24. The van der Waals surface area contributed by atoms with E-state index in [-0.39, 0.29) is 0 Å². The molecule has 1 nitrogen and oxygen atoms in total. The molecule has 3 heteroatoms. The SMILES string of the molecule is CSc1sc(C)c[n+]1CCc1ccccc1. The van der Waals surface area contributed by atoms with Crippen molar-refractivity contribution in [2.45, 2.75) is 24.2 Å². The van der Waals surface area contributed by atoms with E-state index < -0.39 is 0 Å². The van der Waals surface area contributed by atoms with Crippen LogP contribution in [0.15, 0.2) is 40.9 Å². The summed E-state index contributed by atoms with van der Waals surface area (Å²) in [4.78, 5) is 1.39.